The van der Waals surface area contributed by atoms with Crippen LogP contribution in [0.3, 0.4) is 0 Å². The van der Waals surface area contributed by atoms with Crippen molar-refractivity contribution in [2.75, 3.05) is 20.1 Å². The Morgan fingerprint density at radius 3 is 2.67 bits per heavy atom. The molecule has 0 atom stereocenters. The number of likely N-dealkylation sites (N-methyl/N-ethyl adjacent to an activating group) is 1. The van der Waals surface area contributed by atoms with Gasteiger partial charge in [0, 0.05) is 26.2 Å². The fraction of sp³-hybridized carbons (Fsp3) is 0.417. The van der Waals surface area contributed by atoms with Crippen LogP contribution >= 0.6 is 0 Å². The average molecular weight is 249 g/mol. The van der Waals surface area contributed by atoms with Gasteiger partial charge < -0.3 is 10.2 Å². The first-order valence-corrected chi connectivity index (χ1v) is 5.74. The van der Waals surface area contributed by atoms with Crippen LogP contribution < -0.4 is 5.32 Å². The minimum absolute atomic E-state index is 0.122. The molecular weight excluding hydrogens is 234 g/mol. The maximum atomic E-state index is 12.3. The molecule has 1 N–H and O–H groups in total. The number of benzene rings is 1. The number of nitro benzene ring substituents is 1. The Morgan fingerprint density at radius 2 is 2.17 bits per heavy atom. The summed E-state index contributed by atoms with van der Waals surface area (Å²) in [6, 6.07) is 4.80. The number of amides is 1. The summed E-state index contributed by atoms with van der Waals surface area (Å²) in [5.74, 6) is -0.286. The monoisotopic (exact) mass is 249 g/mol. The first kappa shape index (κ1) is 12.5. The predicted molar refractivity (Wildman–Crippen MR) is 66.6 cm³/mol. The quantitative estimate of drug-likeness (QED) is 0.639. The summed E-state index contributed by atoms with van der Waals surface area (Å²) in [4.78, 5) is 24.4. The highest BCUT2D eigenvalue weighted by atomic mass is 16.6. The third-order valence-electron chi connectivity index (χ3n) is 3.29. The van der Waals surface area contributed by atoms with E-state index in [0.29, 0.717) is 5.56 Å². The number of hydrogen-bond acceptors (Lipinski definition) is 4. The summed E-state index contributed by atoms with van der Waals surface area (Å²) in [6.45, 7) is 3.19. The van der Waals surface area contributed by atoms with Crippen LogP contribution in [-0.2, 0) is 0 Å². The Morgan fingerprint density at radius 1 is 1.50 bits per heavy atom. The number of rotatable bonds is 3. The van der Waals surface area contributed by atoms with Crippen molar-refractivity contribution in [3.8, 4) is 0 Å². The number of hydrogen-bond donors (Lipinski definition) is 1. The molecule has 2 rings (SSSR count). The van der Waals surface area contributed by atoms with Gasteiger partial charge in [0.1, 0.15) is 5.56 Å². The molecule has 0 spiro atoms. The highest BCUT2D eigenvalue weighted by Crippen LogP contribution is 2.24. The lowest BCUT2D eigenvalue weighted by Crippen LogP contribution is -2.57. The van der Waals surface area contributed by atoms with Gasteiger partial charge in [0.25, 0.3) is 11.6 Å². The molecule has 1 aliphatic rings. The third kappa shape index (κ3) is 2.06. The molecule has 1 heterocycles. The number of carbonyl (C=O) groups excluding carboxylic acids is 1. The van der Waals surface area contributed by atoms with E-state index in [1.165, 1.54) is 6.07 Å². The Bertz CT molecular complexity index is 497. The van der Waals surface area contributed by atoms with Gasteiger partial charge in [0.15, 0.2) is 0 Å². The van der Waals surface area contributed by atoms with E-state index < -0.39 is 4.92 Å². The third-order valence-corrected chi connectivity index (χ3v) is 3.29. The molecule has 1 aromatic rings. The molecule has 6 nitrogen and oxygen atoms in total. The van der Waals surface area contributed by atoms with Gasteiger partial charge in [-0.3, -0.25) is 14.9 Å². The molecule has 0 unspecified atom stereocenters. The van der Waals surface area contributed by atoms with Crippen LogP contribution in [0.4, 0.5) is 5.69 Å². The molecule has 1 amide bonds. The van der Waals surface area contributed by atoms with Crippen molar-refractivity contribution in [2.24, 2.45) is 0 Å². The summed E-state index contributed by atoms with van der Waals surface area (Å²) in [5, 5.41) is 14.0. The second-order valence-corrected chi connectivity index (χ2v) is 4.45. The van der Waals surface area contributed by atoms with Crippen molar-refractivity contribution in [3.05, 3.63) is 39.4 Å². The highest BCUT2D eigenvalue weighted by molar-refractivity contribution is 5.99. The average Bonchev–Trinajstić information content (AvgIpc) is 2.25. The van der Waals surface area contributed by atoms with Gasteiger partial charge in [-0.15, -0.1) is 0 Å². The zero-order valence-electron chi connectivity index (χ0n) is 10.3. The second-order valence-electron chi connectivity index (χ2n) is 4.45. The van der Waals surface area contributed by atoms with E-state index in [-0.39, 0.29) is 23.2 Å². The lowest BCUT2D eigenvalue weighted by atomic mass is 10.0. The number of nitrogens with zero attached hydrogens (tertiary/aromatic N) is 2. The molecule has 1 fully saturated rings. The topological polar surface area (TPSA) is 75.5 Å². The molecule has 1 aromatic carbocycles. The molecule has 0 bridgehead atoms. The zero-order valence-corrected chi connectivity index (χ0v) is 10.3. The van der Waals surface area contributed by atoms with Crippen LogP contribution in [0.25, 0.3) is 0 Å². The van der Waals surface area contributed by atoms with Crippen molar-refractivity contribution >= 4 is 11.6 Å². The van der Waals surface area contributed by atoms with E-state index in [2.05, 4.69) is 5.32 Å². The van der Waals surface area contributed by atoms with E-state index in [9.17, 15) is 14.9 Å². The van der Waals surface area contributed by atoms with Crippen LogP contribution in [0.1, 0.15) is 15.9 Å². The Labute approximate surface area is 105 Å². The second kappa shape index (κ2) is 4.73. The smallest absolute Gasteiger partial charge is 0.282 e. The van der Waals surface area contributed by atoms with E-state index in [1.54, 1.807) is 31.0 Å². The van der Waals surface area contributed by atoms with Crippen molar-refractivity contribution in [1.29, 1.82) is 0 Å². The largest absolute Gasteiger partial charge is 0.336 e. The number of nitrogens with one attached hydrogen (secondary N) is 1. The molecule has 18 heavy (non-hydrogen) atoms. The Balaban J connectivity index is 2.36. The van der Waals surface area contributed by atoms with Crippen molar-refractivity contribution in [2.45, 2.75) is 13.0 Å². The highest BCUT2D eigenvalue weighted by Gasteiger charge is 2.30. The predicted octanol–water partition coefficient (Wildman–Crippen LogP) is 0.947. The number of aryl methyl sites for hydroxylation is 1. The summed E-state index contributed by atoms with van der Waals surface area (Å²) in [6.07, 6.45) is 0. The lowest BCUT2D eigenvalue weighted by Gasteiger charge is -2.35. The Kier molecular flexibility index (Phi) is 3.29. The molecule has 6 heteroatoms. The van der Waals surface area contributed by atoms with Gasteiger partial charge in [-0.2, -0.15) is 0 Å². The van der Waals surface area contributed by atoms with Gasteiger partial charge >= 0.3 is 0 Å². The van der Waals surface area contributed by atoms with Gasteiger partial charge in [0.2, 0.25) is 0 Å². The van der Waals surface area contributed by atoms with Crippen molar-refractivity contribution in [1.82, 2.24) is 10.2 Å². The van der Waals surface area contributed by atoms with Gasteiger partial charge in [-0.05, 0) is 12.5 Å². The van der Waals surface area contributed by atoms with E-state index >= 15 is 0 Å². The van der Waals surface area contributed by atoms with Crippen LogP contribution in [0.5, 0.6) is 0 Å². The summed E-state index contributed by atoms with van der Waals surface area (Å²) in [5.41, 5.74) is 0.698. The van der Waals surface area contributed by atoms with E-state index in [1.807, 2.05) is 0 Å². The van der Waals surface area contributed by atoms with Gasteiger partial charge in [-0.1, -0.05) is 12.1 Å². The van der Waals surface area contributed by atoms with Crippen LogP contribution in [0.15, 0.2) is 18.2 Å². The molecule has 0 aliphatic carbocycles. The van der Waals surface area contributed by atoms with E-state index in [0.717, 1.165) is 13.1 Å². The summed E-state index contributed by atoms with van der Waals surface area (Å²) >= 11 is 0. The first-order valence-electron chi connectivity index (χ1n) is 5.74. The molecule has 1 saturated heterocycles. The van der Waals surface area contributed by atoms with E-state index in [4.69, 9.17) is 0 Å². The van der Waals surface area contributed by atoms with Crippen LogP contribution in [0.2, 0.25) is 0 Å². The van der Waals surface area contributed by atoms with Crippen LogP contribution in [-0.4, -0.2) is 41.9 Å². The van der Waals surface area contributed by atoms with Crippen molar-refractivity contribution < 1.29 is 9.72 Å². The molecule has 1 aliphatic heterocycles. The minimum Gasteiger partial charge on any atom is -0.336 e. The minimum atomic E-state index is -0.507. The zero-order chi connectivity index (χ0) is 13.3. The maximum Gasteiger partial charge on any atom is 0.282 e. The Hall–Kier alpha value is -1.95. The van der Waals surface area contributed by atoms with Gasteiger partial charge in [0.05, 0.1) is 11.0 Å². The summed E-state index contributed by atoms with van der Waals surface area (Å²) < 4.78 is 0. The number of carbonyl (C=O) groups is 1. The summed E-state index contributed by atoms with van der Waals surface area (Å²) in [7, 11) is 1.68. The molecule has 96 valence electrons. The van der Waals surface area contributed by atoms with Crippen molar-refractivity contribution in [3.63, 3.8) is 0 Å². The lowest BCUT2D eigenvalue weighted by molar-refractivity contribution is -0.385. The fourth-order valence-corrected chi connectivity index (χ4v) is 1.97. The standard InChI is InChI=1S/C12H15N3O3/c1-8-4-3-5-10(15(17)18)11(8)12(16)14(2)9-6-13-7-9/h3-5,9,13H,6-7H2,1-2H3. The van der Waals surface area contributed by atoms with Crippen LogP contribution in [0, 0.1) is 17.0 Å². The first-order chi connectivity index (χ1) is 8.52. The molecule has 0 saturated carbocycles. The molecule has 0 radical (unpaired) electrons. The normalized spacial score (nSPS) is 15.0. The molecular formula is C12H15N3O3. The maximum absolute atomic E-state index is 12.3. The fourth-order valence-electron chi connectivity index (χ4n) is 1.97. The molecule has 0 aromatic heterocycles. The SMILES string of the molecule is Cc1cccc([N+](=O)[O-])c1C(=O)N(C)C1CNC1. The van der Waals surface area contributed by atoms with Gasteiger partial charge in [-0.25, -0.2) is 0 Å². The number of nitro groups is 1.